The minimum absolute atomic E-state index is 0.301. The fourth-order valence-corrected chi connectivity index (χ4v) is 3.21. The van der Waals surface area contributed by atoms with E-state index in [1.165, 1.54) is 6.07 Å². The van der Waals surface area contributed by atoms with E-state index >= 15 is 0 Å². The third-order valence-corrected chi connectivity index (χ3v) is 5.25. The average Bonchev–Trinajstić information content (AvgIpc) is 3.13. The van der Waals surface area contributed by atoms with Gasteiger partial charge < -0.3 is 15.2 Å². The van der Waals surface area contributed by atoms with Crippen molar-refractivity contribution in [2.24, 2.45) is 0 Å². The van der Waals surface area contributed by atoms with Crippen LogP contribution in [0.1, 0.15) is 36.5 Å². The molecule has 11 heteroatoms. The van der Waals surface area contributed by atoms with E-state index in [4.69, 9.17) is 4.74 Å². The van der Waals surface area contributed by atoms with Gasteiger partial charge in [0.25, 0.3) is 5.91 Å². The summed E-state index contributed by atoms with van der Waals surface area (Å²) in [5, 5.41) is 17.8. The zero-order valence-electron chi connectivity index (χ0n) is 18.4. The Balaban J connectivity index is 1.90. The maximum atomic E-state index is 13.0. The van der Waals surface area contributed by atoms with E-state index in [9.17, 15) is 23.1 Å². The third kappa shape index (κ3) is 6.84. The van der Waals surface area contributed by atoms with Crippen LogP contribution in [0.3, 0.4) is 0 Å². The summed E-state index contributed by atoms with van der Waals surface area (Å²) in [5.74, 6) is 0.273. The molecular weight excluding hydrogens is 457 g/mol. The van der Waals surface area contributed by atoms with Crippen LogP contribution in [0.2, 0.25) is 0 Å². The molecular formula is C22H25F3N4O3S. The molecule has 0 spiro atoms. The Bertz CT molecular complexity index is 1130. The Kier molecular flexibility index (Phi) is 7.53. The van der Waals surface area contributed by atoms with Gasteiger partial charge in [0.2, 0.25) is 0 Å². The molecule has 1 amide bonds. The molecule has 7 nitrogen and oxygen atoms in total. The second-order valence-corrected chi connectivity index (χ2v) is 9.05. The number of aryl methyl sites for hydroxylation is 1. The van der Waals surface area contributed by atoms with Crippen molar-refractivity contribution in [2.45, 2.75) is 38.6 Å². The van der Waals surface area contributed by atoms with E-state index in [0.717, 1.165) is 12.1 Å². The lowest BCUT2D eigenvalue weighted by Gasteiger charge is -2.16. The smallest absolute Gasteiger partial charge is 0.433 e. The Labute approximate surface area is 193 Å². The summed E-state index contributed by atoms with van der Waals surface area (Å²) in [6.07, 6.45) is -0.467. The van der Waals surface area contributed by atoms with Crippen molar-refractivity contribution >= 4 is 34.3 Å². The number of hydrogen-bond donors (Lipinski definition) is 2. The van der Waals surface area contributed by atoms with Crippen LogP contribution in [0.4, 0.5) is 18.9 Å². The number of aromatic nitrogens is 3. The number of hydrogen-bond acceptors (Lipinski definition) is 6. The van der Waals surface area contributed by atoms with Crippen LogP contribution in [0.5, 0.6) is 5.75 Å². The van der Waals surface area contributed by atoms with E-state index in [2.05, 4.69) is 15.4 Å². The summed E-state index contributed by atoms with van der Waals surface area (Å²) < 4.78 is 46.4. The van der Waals surface area contributed by atoms with Crippen LogP contribution in [-0.4, -0.2) is 50.0 Å². The molecule has 0 aliphatic heterocycles. The summed E-state index contributed by atoms with van der Waals surface area (Å²) in [6, 6.07) is 6.48. The van der Waals surface area contributed by atoms with Gasteiger partial charge in [0, 0.05) is 29.9 Å². The Morgan fingerprint density at radius 1 is 1.27 bits per heavy atom. The number of thioether (sulfide) groups is 1. The molecule has 2 aromatic heterocycles. The van der Waals surface area contributed by atoms with Crippen molar-refractivity contribution in [2.75, 3.05) is 23.9 Å². The number of aliphatic hydroxyl groups is 1. The minimum atomic E-state index is -4.65. The number of halogens is 3. The van der Waals surface area contributed by atoms with Gasteiger partial charge in [-0.3, -0.25) is 9.48 Å². The first-order valence-electron chi connectivity index (χ1n) is 10.2. The van der Waals surface area contributed by atoms with E-state index in [1.807, 2.05) is 6.26 Å². The number of rotatable bonds is 9. The third-order valence-electron chi connectivity index (χ3n) is 4.67. The number of anilines is 1. The number of nitrogens with zero attached hydrogens (tertiary/aromatic N) is 3. The molecule has 0 atom stereocenters. The Hall–Kier alpha value is -2.79. The SMILES string of the molecule is CSCCOc1cc2nn(CCC(C)(C)O)cc2cc1NC(=O)c1cccc(C(F)(F)F)n1. The summed E-state index contributed by atoms with van der Waals surface area (Å²) in [6.45, 7) is 4.28. The monoisotopic (exact) mass is 482 g/mol. The molecule has 0 unspecified atom stereocenters. The summed E-state index contributed by atoms with van der Waals surface area (Å²) in [5.41, 5.74) is -1.42. The predicted octanol–water partition coefficient (Wildman–Crippen LogP) is 4.61. The van der Waals surface area contributed by atoms with Crippen molar-refractivity contribution in [1.82, 2.24) is 14.8 Å². The number of carbonyl (C=O) groups is 1. The molecule has 0 bridgehead atoms. The van der Waals surface area contributed by atoms with E-state index in [1.54, 1.807) is 48.6 Å². The van der Waals surface area contributed by atoms with E-state index < -0.39 is 23.4 Å². The van der Waals surface area contributed by atoms with Gasteiger partial charge in [-0.05, 0) is 44.7 Å². The summed E-state index contributed by atoms with van der Waals surface area (Å²) >= 11 is 1.59. The first-order chi connectivity index (χ1) is 15.5. The minimum Gasteiger partial charge on any atom is -0.490 e. The van der Waals surface area contributed by atoms with Gasteiger partial charge in [-0.15, -0.1) is 0 Å². The molecule has 178 valence electrons. The number of alkyl halides is 3. The standard InChI is InChI=1S/C22H25F3N4O3S/c1-21(2,31)7-8-29-13-14-11-17(18(12-16(14)28-29)32-9-10-33-3)27-20(30)15-5-4-6-19(26-15)22(23,24)25/h4-6,11-13,31H,7-10H2,1-3H3,(H,27,30). The molecule has 0 aliphatic rings. The highest BCUT2D eigenvalue weighted by Crippen LogP contribution is 2.31. The number of ether oxygens (including phenoxy) is 1. The number of fused-ring (bicyclic) bond motifs is 1. The fourth-order valence-electron chi connectivity index (χ4n) is 2.96. The maximum absolute atomic E-state index is 13.0. The second kappa shape index (κ2) is 10.0. The van der Waals surface area contributed by atoms with Crippen molar-refractivity contribution < 1.29 is 27.8 Å². The molecule has 2 N–H and O–H groups in total. The molecule has 0 saturated carbocycles. The summed E-state index contributed by atoms with van der Waals surface area (Å²) in [4.78, 5) is 16.1. The number of carbonyl (C=O) groups excluding carboxylic acids is 1. The van der Waals surface area contributed by atoms with Crippen molar-refractivity contribution in [1.29, 1.82) is 0 Å². The number of amides is 1. The Morgan fingerprint density at radius 2 is 2.03 bits per heavy atom. The van der Waals surface area contributed by atoms with Gasteiger partial charge in [0.05, 0.1) is 23.4 Å². The van der Waals surface area contributed by atoms with Gasteiger partial charge in [0.15, 0.2) is 0 Å². The number of pyridine rings is 1. The topological polar surface area (TPSA) is 89.3 Å². The lowest BCUT2D eigenvalue weighted by atomic mass is 10.1. The number of nitrogens with one attached hydrogen (secondary N) is 1. The zero-order valence-corrected chi connectivity index (χ0v) is 19.3. The van der Waals surface area contributed by atoms with Gasteiger partial charge in [-0.1, -0.05) is 6.07 Å². The highest BCUT2D eigenvalue weighted by molar-refractivity contribution is 7.98. The maximum Gasteiger partial charge on any atom is 0.433 e. The van der Waals surface area contributed by atoms with Crippen molar-refractivity contribution in [3.63, 3.8) is 0 Å². The summed E-state index contributed by atoms with van der Waals surface area (Å²) in [7, 11) is 0. The van der Waals surface area contributed by atoms with Crippen LogP contribution < -0.4 is 10.1 Å². The van der Waals surface area contributed by atoms with Gasteiger partial charge in [-0.25, -0.2) is 4.98 Å². The van der Waals surface area contributed by atoms with Gasteiger partial charge in [0.1, 0.15) is 17.1 Å². The number of benzene rings is 1. The molecule has 0 radical (unpaired) electrons. The molecule has 0 aliphatic carbocycles. The van der Waals surface area contributed by atoms with E-state index in [-0.39, 0.29) is 5.69 Å². The highest BCUT2D eigenvalue weighted by Gasteiger charge is 2.33. The van der Waals surface area contributed by atoms with Gasteiger partial charge in [-0.2, -0.15) is 30.0 Å². The largest absolute Gasteiger partial charge is 0.490 e. The molecule has 3 rings (SSSR count). The molecule has 33 heavy (non-hydrogen) atoms. The Morgan fingerprint density at radius 3 is 2.70 bits per heavy atom. The quantitative estimate of drug-likeness (QED) is 0.433. The average molecular weight is 483 g/mol. The zero-order chi connectivity index (χ0) is 24.2. The lowest BCUT2D eigenvalue weighted by molar-refractivity contribution is -0.141. The molecule has 1 aromatic carbocycles. The van der Waals surface area contributed by atoms with Gasteiger partial charge >= 0.3 is 6.18 Å². The first kappa shape index (κ1) is 24.8. The fraction of sp³-hybridized carbons (Fsp3) is 0.409. The van der Waals surface area contributed by atoms with Crippen molar-refractivity contribution in [3.05, 3.63) is 47.9 Å². The second-order valence-electron chi connectivity index (χ2n) is 8.06. The van der Waals surface area contributed by atoms with Crippen LogP contribution in [0, 0.1) is 0 Å². The van der Waals surface area contributed by atoms with Crippen LogP contribution >= 0.6 is 11.8 Å². The molecule has 3 aromatic rings. The predicted molar refractivity (Wildman–Crippen MR) is 122 cm³/mol. The van der Waals surface area contributed by atoms with Crippen LogP contribution in [0.15, 0.2) is 36.5 Å². The van der Waals surface area contributed by atoms with Crippen LogP contribution in [0.25, 0.3) is 10.9 Å². The van der Waals surface area contributed by atoms with Crippen LogP contribution in [-0.2, 0) is 12.7 Å². The van der Waals surface area contributed by atoms with Crippen molar-refractivity contribution in [3.8, 4) is 5.75 Å². The van der Waals surface area contributed by atoms with E-state index in [0.29, 0.717) is 47.7 Å². The normalized spacial score (nSPS) is 12.2. The molecule has 0 fully saturated rings. The lowest BCUT2D eigenvalue weighted by Crippen LogP contribution is -2.21. The first-order valence-corrected chi connectivity index (χ1v) is 11.6. The highest BCUT2D eigenvalue weighted by atomic mass is 32.2. The molecule has 2 heterocycles. The molecule has 0 saturated heterocycles.